The van der Waals surface area contributed by atoms with E-state index in [0.717, 1.165) is 11.1 Å². The fourth-order valence-electron chi connectivity index (χ4n) is 1.86. The number of hydrogen-bond donors (Lipinski definition) is 1. The molecular formula is C13H18N4O2S. The lowest BCUT2D eigenvalue weighted by molar-refractivity contribution is 0.386. The number of nitrogens with zero attached hydrogens (tertiary/aromatic N) is 3. The zero-order chi connectivity index (χ0) is 14.6. The third-order valence-electron chi connectivity index (χ3n) is 3.00. The predicted molar refractivity (Wildman–Crippen MR) is 76.9 cm³/mol. The number of rotatable bonds is 6. The van der Waals surface area contributed by atoms with Gasteiger partial charge < -0.3 is 0 Å². The summed E-state index contributed by atoms with van der Waals surface area (Å²) in [4.78, 5) is 0. The van der Waals surface area contributed by atoms with E-state index in [9.17, 15) is 8.42 Å². The molecular weight excluding hydrogens is 276 g/mol. The molecule has 0 saturated heterocycles. The summed E-state index contributed by atoms with van der Waals surface area (Å²) in [5.41, 5.74) is 1.78. The lowest BCUT2D eigenvalue weighted by atomic mass is 10.2. The van der Waals surface area contributed by atoms with Gasteiger partial charge in [-0.25, -0.2) is 0 Å². The molecule has 1 aromatic heterocycles. The van der Waals surface area contributed by atoms with Gasteiger partial charge in [-0.1, -0.05) is 30.3 Å². The van der Waals surface area contributed by atoms with Crippen molar-refractivity contribution in [3.63, 3.8) is 0 Å². The van der Waals surface area contributed by atoms with Crippen LogP contribution in [0, 0.1) is 0 Å². The molecule has 2 aromatic rings. The molecule has 0 aliphatic rings. The topological polar surface area (TPSA) is 69.3 Å². The van der Waals surface area contributed by atoms with E-state index >= 15 is 0 Å². The molecule has 108 valence electrons. The quantitative estimate of drug-likeness (QED) is 0.871. The van der Waals surface area contributed by atoms with E-state index in [1.54, 1.807) is 26.5 Å². The van der Waals surface area contributed by atoms with Crippen LogP contribution < -0.4 is 0 Å². The van der Waals surface area contributed by atoms with E-state index in [-0.39, 0.29) is 6.54 Å². The second kappa shape index (κ2) is 6.17. The SMILES string of the molecule is CN(Cc1ccccc1)S(=O)(=O)N(C)Cc1cn[nH]c1. The molecule has 0 aliphatic carbocycles. The fourth-order valence-corrected chi connectivity index (χ4v) is 2.96. The van der Waals surface area contributed by atoms with Crippen molar-refractivity contribution >= 4 is 10.2 Å². The van der Waals surface area contributed by atoms with Gasteiger partial charge in [0.15, 0.2) is 0 Å². The van der Waals surface area contributed by atoms with Gasteiger partial charge in [-0.05, 0) is 5.56 Å². The van der Waals surface area contributed by atoms with E-state index < -0.39 is 10.2 Å². The van der Waals surface area contributed by atoms with Crippen LogP contribution in [0.1, 0.15) is 11.1 Å². The Morgan fingerprint density at radius 1 is 1.05 bits per heavy atom. The highest BCUT2D eigenvalue weighted by atomic mass is 32.2. The second-order valence-electron chi connectivity index (χ2n) is 4.61. The Balaban J connectivity index is 2.05. The zero-order valence-corrected chi connectivity index (χ0v) is 12.3. The van der Waals surface area contributed by atoms with Gasteiger partial charge in [0.1, 0.15) is 0 Å². The molecule has 1 aromatic carbocycles. The highest BCUT2D eigenvalue weighted by molar-refractivity contribution is 7.86. The number of nitrogens with one attached hydrogen (secondary N) is 1. The van der Waals surface area contributed by atoms with Crippen LogP contribution in [0.3, 0.4) is 0 Å². The molecule has 0 amide bonds. The molecule has 0 saturated carbocycles. The van der Waals surface area contributed by atoms with E-state index in [0.29, 0.717) is 6.54 Å². The van der Waals surface area contributed by atoms with Crippen LogP contribution in [0.25, 0.3) is 0 Å². The molecule has 7 heteroatoms. The van der Waals surface area contributed by atoms with Crippen LogP contribution in [0.2, 0.25) is 0 Å². The minimum Gasteiger partial charge on any atom is -0.285 e. The average Bonchev–Trinajstić information content (AvgIpc) is 2.92. The van der Waals surface area contributed by atoms with Gasteiger partial charge in [-0.15, -0.1) is 0 Å². The highest BCUT2D eigenvalue weighted by Crippen LogP contribution is 2.12. The van der Waals surface area contributed by atoms with Crippen LogP contribution in [0.5, 0.6) is 0 Å². The van der Waals surface area contributed by atoms with Crippen LogP contribution in [0.4, 0.5) is 0 Å². The van der Waals surface area contributed by atoms with E-state index in [4.69, 9.17) is 0 Å². The first-order chi connectivity index (χ1) is 9.50. The maximum atomic E-state index is 12.4. The summed E-state index contributed by atoms with van der Waals surface area (Å²) in [5, 5.41) is 6.48. The summed E-state index contributed by atoms with van der Waals surface area (Å²) in [7, 11) is -0.351. The standard InChI is InChI=1S/C13H18N4O2S/c1-16(10-12-6-4-3-5-7-12)20(18,19)17(2)11-13-8-14-15-9-13/h3-9H,10-11H2,1-2H3,(H,14,15). The van der Waals surface area contributed by atoms with Crippen molar-refractivity contribution in [2.24, 2.45) is 0 Å². The number of hydrogen-bond acceptors (Lipinski definition) is 3. The van der Waals surface area contributed by atoms with E-state index in [1.807, 2.05) is 30.3 Å². The van der Waals surface area contributed by atoms with E-state index in [1.165, 1.54) is 8.61 Å². The number of H-pyrrole nitrogens is 1. The third-order valence-corrected chi connectivity index (χ3v) is 4.83. The Morgan fingerprint density at radius 2 is 1.65 bits per heavy atom. The van der Waals surface area contributed by atoms with Crippen molar-refractivity contribution in [2.45, 2.75) is 13.1 Å². The molecule has 0 aliphatic heterocycles. The number of aromatic nitrogens is 2. The van der Waals surface area contributed by atoms with Crippen molar-refractivity contribution < 1.29 is 8.42 Å². The number of benzene rings is 1. The van der Waals surface area contributed by atoms with Gasteiger partial charge in [-0.2, -0.15) is 22.1 Å². The molecule has 0 radical (unpaired) electrons. The first-order valence-corrected chi connectivity index (χ1v) is 7.59. The lowest BCUT2D eigenvalue weighted by Crippen LogP contribution is -2.38. The second-order valence-corrected chi connectivity index (χ2v) is 6.75. The number of aromatic amines is 1. The monoisotopic (exact) mass is 294 g/mol. The zero-order valence-electron chi connectivity index (χ0n) is 11.5. The summed E-state index contributed by atoms with van der Waals surface area (Å²) in [5.74, 6) is 0. The van der Waals surface area contributed by atoms with Gasteiger partial charge in [-0.3, -0.25) is 5.10 Å². The first-order valence-electron chi connectivity index (χ1n) is 6.19. The van der Waals surface area contributed by atoms with Gasteiger partial charge in [0.05, 0.1) is 6.20 Å². The van der Waals surface area contributed by atoms with Crippen LogP contribution in [-0.2, 0) is 23.3 Å². The summed E-state index contributed by atoms with van der Waals surface area (Å²) in [6.45, 7) is 0.636. The summed E-state index contributed by atoms with van der Waals surface area (Å²) < 4.78 is 27.4. The summed E-state index contributed by atoms with van der Waals surface area (Å²) >= 11 is 0. The summed E-state index contributed by atoms with van der Waals surface area (Å²) in [6, 6.07) is 9.50. The minimum absolute atomic E-state index is 0.290. The van der Waals surface area contributed by atoms with Crippen molar-refractivity contribution in [3.05, 3.63) is 53.9 Å². The van der Waals surface area contributed by atoms with Gasteiger partial charge in [0, 0.05) is 38.9 Å². The van der Waals surface area contributed by atoms with Gasteiger partial charge in [0.2, 0.25) is 0 Å². The average molecular weight is 294 g/mol. The molecule has 1 N–H and O–H groups in total. The molecule has 0 spiro atoms. The Bertz CT molecular complexity index is 626. The Kier molecular flexibility index (Phi) is 4.53. The van der Waals surface area contributed by atoms with Crippen molar-refractivity contribution in [2.75, 3.05) is 14.1 Å². The molecule has 1 heterocycles. The van der Waals surface area contributed by atoms with Gasteiger partial charge >= 0.3 is 0 Å². The van der Waals surface area contributed by atoms with E-state index in [2.05, 4.69) is 10.2 Å². The van der Waals surface area contributed by atoms with Crippen molar-refractivity contribution in [1.82, 2.24) is 18.8 Å². The minimum atomic E-state index is -3.49. The third kappa shape index (κ3) is 3.44. The van der Waals surface area contributed by atoms with Crippen LogP contribution in [-0.4, -0.2) is 41.3 Å². The normalized spacial score (nSPS) is 12.2. The smallest absolute Gasteiger partial charge is 0.282 e. The van der Waals surface area contributed by atoms with Gasteiger partial charge in [0.25, 0.3) is 10.2 Å². The molecule has 0 atom stereocenters. The lowest BCUT2D eigenvalue weighted by Gasteiger charge is -2.24. The van der Waals surface area contributed by atoms with Crippen LogP contribution >= 0.6 is 0 Å². The molecule has 0 bridgehead atoms. The summed E-state index contributed by atoms with van der Waals surface area (Å²) in [6.07, 6.45) is 3.30. The predicted octanol–water partition coefficient (Wildman–Crippen LogP) is 1.22. The highest BCUT2D eigenvalue weighted by Gasteiger charge is 2.23. The Labute approximate surface area is 119 Å². The molecule has 6 nitrogen and oxygen atoms in total. The maximum absolute atomic E-state index is 12.4. The molecule has 0 unspecified atom stereocenters. The fraction of sp³-hybridized carbons (Fsp3) is 0.308. The molecule has 0 fully saturated rings. The molecule has 2 rings (SSSR count). The maximum Gasteiger partial charge on any atom is 0.282 e. The van der Waals surface area contributed by atoms with Crippen molar-refractivity contribution in [1.29, 1.82) is 0 Å². The van der Waals surface area contributed by atoms with Crippen LogP contribution in [0.15, 0.2) is 42.7 Å². The Morgan fingerprint density at radius 3 is 2.20 bits per heavy atom. The molecule has 20 heavy (non-hydrogen) atoms. The largest absolute Gasteiger partial charge is 0.285 e. The first kappa shape index (κ1) is 14.7. The Hall–Kier alpha value is -1.70. The van der Waals surface area contributed by atoms with Crippen molar-refractivity contribution in [3.8, 4) is 0 Å².